The Bertz CT molecular complexity index is 422. The van der Waals surface area contributed by atoms with Crippen LogP contribution in [0.1, 0.15) is 17.7 Å². The fourth-order valence-corrected chi connectivity index (χ4v) is 2.47. The van der Waals surface area contributed by atoms with E-state index < -0.39 is 6.09 Å². The molecule has 2 N–H and O–H groups in total. The molecular formula is C10H13N3O3S. The van der Waals surface area contributed by atoms with Gasteiger partial charge in [-0.25, -0.2) is 9.78 Å². The van der Waals surface area contributed by atoms with Gasteiger partial charge in [0.1, 0.15) is 12.4 Å². The minimum Gasteiger partial charge on any atom is -0.444 e. The number of aromatic nitrogens is 1. The molecule has 0 saturated carbocycles. The van der Waals surface area contributed by atoms with Gasteiger partial charge in [-0.2, -0.15) is 0 Å². The molecule has 1 aliphatic heterocycles. The molecule has 1 aromatic heterocycles. The van der Waals surface area contributed by atoms with E-state index in [1.165, 1.54) is 11.3 Å². The van der Waals surface area contributed by atoms with Crippen molar-refractivity contribution in [1.82, 2.24) is 4.98 Å². The predicted octanol–water partition coefficient (Wildman–Crippen LogP) is 0.908. The van der Waals surface area contributed by atoms with Crippen molar-refractivity contribution < 1.29 is 14.3 Å². The second-order valence-corrected chi connectivity index (χ2v) is 4.84. The normalized spacial score (nSPS) is 16.0. The third-order valence-electron chi connectivity index (χ3n) is 2.49. The molecule has 1 fully saturated rings. The zero-order valence-electron chi connectivity index (χ0n) is 9.22. The van der Waals surface area contributed by atoms with E-state index in [1.807, 2.05) is 0 Å². The monoisotopic (exact) mass is 255 g/mol. The van der Waals surface area contributed by atoms with Crippen molar-refractivity contribution in [2.75, 3.05) is 18.0 Å². The molecule has 1 aromatic rings. The average Bonchev–Trinajstić information content (AvgIpc) is 2.76. The number of piperidine rings is 1. The Morgan fingerprint density at radius 1 is 1.53 bits per heavy atom. The van der Waals surface area contributed by atoms with E-state index in [0.29, 0.717) is 31.7 Å². The number of thiazole rings is 1. The average molecular weight is 255 g/mol. The third kappa shape index (κ3) is 3.16. The molecule has 0 atom stereocenters. The highest BCUT2D eigenvalue weighted by molar-refractivity contribution is 7.15. The van der Waals surface area contributed by atoms with Crippen LogP contribution in [0.4, 0.5) is 9.93 Å². The highest BCUT2D eigenvalue weighted by Crippen LogP contribution is 2.25. The molecule has 2 heterocycles. The number of anilines is 1. The number of nitrogens with two attached hydrogens (primary N) is 1. The number of carbonyl (C=O) groups excluding carboxylic acids is 2. The zero-order valence-corrected chi connectivity index (χ0v) is 10.0. The maximum atomic E-state index is 11.1. The summed E-state index contributed by atoms with van der Waals surface area (Å²) in [5.41, 5.74) is 4.88. The van der Waals surface area contributed by atoms with Crippen LogP contribution >= 0.6 is 11.3 Å². The summed E-state index contributed by atoms with van der Waals surface area (Å²) in [4.78, 5) is 28.7. The molecule has 17 heavy (non-hydrogen) atoms. The quantitative estimate of drug-likeness (QED) is 0.867. The Balaban J connectivity index is 1.93. The number of ether oxygens (including phenoxy) is 1. The molecule has 1 aliphatic rings. The largest absolute Gasteiger partial charge is 0.444 e. The molecule has 1 saturated heterocycles. The molecule has 6 nitrogen and oxygen atoms in total. The van der Waals surface area contributed by atoms with E-state index in [-0.39, 0.29) is 6.61 Å². The van der Waals surface area contributed by atoms with Crippen LogP contribution < -0.4 is 10.6 Å². The van der Waals surface area contributed by atoms with Gasteiger partial charge in [-0.05, 0) is 0 Å². The molecule has 0 spiro atoms. The van der Waals surface area contributed by atoms with E-state index in [2.05, 4.69) is 14.6 Å². The lowest BCUT2D eigenvalue weighted by molar-refractivity contribution is -0.119. The smallest absolute Gasteiger partial charge is 0.404 e. The molecular weight excluding hydrogens is 242 g/mol. The third-order valence-corrected chi connectivity index (χ3v) is 3.52. The van der Waals surface area contributed by atoms with Gasteiger partial charge in [-0.1, -0.05) is 11.3 Å². The number of rotatable bonds is 3. The summed E-state index contributed by atoms with van der Waals surface area (Å²) in [6.45, 7) is 1.57. The first kappa shape index (κ1) is 11.8. The Hall–Kier alpha value is -1.63. The lowest BCUT2D eigenvalue weighted by atomic mass is 10.1. The fourth-order valence-electron chi connectivity index (χ4n) is 1.60. The summed E-state index contributed by atoms with van der Waals surface area (Å²) in [6.07, 6.45) is 2.03. The van der Waals surface area contributed by atoms with Gasteiger partial charge in [0.25, 0.3) is 0 Å². The van der Waals surface area contributed by atoms with Crippen LogP contribution in [-0.2, 0) is 16.1 Å². The summed E-state index contributed by atoms with van der Waals surface area (Å²) in [5, 5.41) is 0.862. The van der Waals surface area contributed by atoms with Crippen molar-refractivity contribution in [3.05, 3.63) is 11.1 Å². The van der Waals surface area contributed by atoms with Crippen LogP contribution in [0.25, 0.3) is 0 Å². The summed E-state index contributed by atoms with van der Waals surface area (Å²) in [7, 11) is 0. The molecule has 7 heteroatoms. The van der Waals surface area contributed by atoms with Gasteiger partial charge in [0.05, 0.1) is 4.88 Å². The first-order valence-corrected chi connectivity index (χ1v) is 6.10. The molecule has 0 aliphatic carbocycles. The highest BCUT2D eigenvalue weighted by atomic mass is 32.1. The number of nitrogens with zero attached hydrogens (tertiary/aromatic N) is 2. The summed E-state index contributed by atoms with van der Waals surface area (Å²) < 4.78 is 4.68. The fraction of sp³-hybridized carbons (Fsp3) is 0.500. The minimum absolute atomic E-state index is 0.153. The minimum atomic E-state index is -0.788. The van der Waals surface area contributed by atoms with E-state index in [0.717, 1.165) is 10.0 Å². The zero-order chi connectivity index (χ0) is 12.3. The van der Waals surface area contributed by atoms with Crippen molar-refractivity contribution in [2.24, 2.45) is 5.73 Å². The summed E-state index contributed by atoms with van der Waals surface area (Å²) in [6, 6.07) is 0. The topological polar surface area (TPSA) is 85.5 Å². The lowest BCUT2D eigenvalue weighted by Crippen LogP contribution is -2.33. The van der Waals surface area contributed by atoms with Crippen molar-refractivity contribution in [3.63, 3.8) is 0 Å². The van der Waals surface area contributed by atoms with Crippen molar-refractivity contribution in [3.8, 4) is 0 Å². The Kier molecular flexibility index (Phi) is 3.58. The standard InChI is InChI=1S/C10H13N3O3S/c11-9(15)16-6-8-5-12-10(17-8)13-3-1-7(14)2-4-13/h5H,1-4,6H2,(H2,11,15). The van der Waals surface area contributed by atoms with Gasteiger partial charge in [0.15, 0.2) is 5.13 Å². The van der Waals surface area contributed by atoms with E-state index >= 15 is 0 Å². The second kappa shape index (κ2) is 5.13. The first-order chi connectivity index (χ1) is 8.15. The van der Waals surface area contributed by atoms with Gasteiger partial charge >= 0.3 is 6.09 Å². The maximum Gasteiger partial charge on any atom is 0.404 e. The van der Waals surface area contributed by atoms with Crippen LogP contribution in [0.2, 0.25) is 0 Å². The molecule has 0 bridgehead atoms. The van der Waals surface area contributed by atoms with Crippen molar-refractivity contribution >= 4 is 28.3 Å². The van der Waals surface area contributed by atoms with Crippen LogP contribution in [0.15, 0.2) is 6.20 Å². The Morgan fingerprint density at radius 3 is 2.88 bits per heavy atom. The van der Waals surface area contributed by atoms with Gasteiger partial charge in [-0.3, -0.25) is 4.79 Å². The van der Waals surface area contributed by atoms with Crippen LogP contribution in [0.5, 0.6) is 0 Å². The lowest BCUT2D eigenvalue weighted by Gasteiger charge is -2.25. The van der Waals surface area contributed by atoms with Crippen LogP contribution in [-0.4, -0.2) is 29.9 Å². The number of hydrogen-bond donors (Lipinski definition) is 1. The van der Waals surface area contributed by atoms with Gasteiger partial charge in [0.2, 0.25) is 0 Å². The summed E-state index contributed by atoms with van der Waals surface area (Å²) >= 11 is 1.45. The highest BCUT2D eigenvalue weighted by Gasteiger charge is 2.18. The van der Waals surface area contributed by atoms with Crippen LogP contribution in [0.3, 0.4) is 0 Å². The van der Waals surface area contributed by atoms with Gasteiger partial charge < -0.3 is 15.4 Å². The van der Waals surface area contributed by atoms with Crippen molar-refractivity contribution in [1.29, 1.82) is 0 Å². The summed E-state index contributed by atoms with van der Waals surface area (Å²) in [5.74, 6) is 0.301. The number of primary amides is 1. The second-order valence-electron chi connectivity index (χ2n) is 3.74. The number of carbonyl (C=O) groups is 2. The van der Waals surface area contributed by atoms with Gasteiger partial charge in [-0.15, -0.1) is 0 Å². The maximum absolute atomic E-state index is 11.1. The number of hydrogen-bond acceptors (Lipinski definition) is 6. The van der Waals surface area contributed by atoms with E-state index in [4.69, 9.17) is 5.73 Å². The molecule has 1 amide bonds. The first-order valence-electron chi connectivity index (χ1n) is 5.29. The molecule has 0 unspecified atom stereocenters. The number of amides is 1. The Labute approximate surface area is 102 Å². The van der Waals surface area contributed by atoms with Crippen LogP contribution in [0, 0.1) is 0 Å². The predicted molar refractivity (Wildman–Crippen MR) is 62.9 cm³/mol. The molecule has 92 valence electrons. The number of ketones is 1. The molecule has 0 radical (unpaired) electrons. The van der Waals surface area contributed by atoms with E-state index in [1.54, 1.807) is 6.20 Å². The van der Waals surface area contributed by atoms with Crippen molar-refractivity contribution in [2.45, 2.75) is 19.4 Å². The number of Topliss-reactive ketones (excluding diaryl/α,β-unsaturated/α-hetero) is 1. The molecule has 2 rings (SSSR count). The van der Waals surface area contributed by atoms with E-state index in [9.17, 15) is 9.59 Å². The Morgan fingerprint density at radius 2 is 2.24 bits per heavy atom. The SMILES string of the molecule is NC(=O)OCc1cnc(N2CCC(=O)CC2)s1. The van der Waals surface area contributed by atoms with Gasteiger partial charge in [0, 0.05) is 32.1 Å². The molecule has 0 aromatic carbocycles.